The third-order valence-corrected chi connectivity index (χ3v) is 5.26. The topological polar surface area (TPSA) is 44.4 Å². The SMILES string of the molecule is O=C(N[C@H]1CN[C@H](CN2CCCC2)C1)c1ccc(Cl)s1. The molecule has 4 nitrogen and oxygen atoms in total. The number of amides is 1. The van der Waals surface area contributed by atoms with E-state index in [-0.39, 0.29) is 11.9 Å². The Labute approximate surface area is 128 Å². The Kier molecular flexibility index (Phi) is 4.61. The van der Waals surface area contributed by atoms with Crippen molar-refractivity contribution in [3.8, 4) is 0 Å². The summed E-state index contributed by atoms with van der Waals surface area (Å²) >= 11 is 7.19. The fraction of sp³-hybridized carbons (Fsp3) is 0.643. The summed E-state index contributed by atoms with van der Waals surface area (Å²) in [5.74, 6) is -0.00415. The lowest BCUT2D eigenvalue weighted by atomic mass is 10.1. The second-order valence-electron chi connectivity index (χ2n) is 5.62. The van der Waals surface area contributed by atoms with E-state index >= 15 is 0 Å². The van der Waals surface area contributed by atoms with Gasteiger partial charge >= 0.3 is 0 Å². The zero-order valence-electron chi connectivity index (χ0n) is 11.4. The van der Waals surface area contributed by atoms with Crippen molar-refractivity contribution in [1.29, 1.82) is 0 Å². The van der Waals surface area contributed by atoms with Gasteiger partial charge in [0.1, 0.15) is 0 Å². The average Bonchev–Trinajstić information content (AvgIpc) is 3.13. The zero-order valence-corrected chi connectivity index (χ0v) is 13.0. The third-order valence-electron chi connectivity index (χ3n) is 4.03. The standard InChI is InChI=1S/C14H20ClN3OS/c15-13-4-3-12(20-13)14(19)17-10-7-11(16-8-10)9-18-5-1-2-6-18/h3-4,10-11,16H,1-2,5-9H2,(H,17,19)/t10-,11+/m1/s1. The first-order chi connectivity index (χ1) is 9.70. The fourth-order valence-corrected chi connectivity index (χ4v) is 3.98. The number of rotatable bonds is 4. The largest absolute Gasteiger partial charge is 0.347 e. The van der Waals surface area contributed by atoms with E-state index in [2.05, 4.69) is 15.5 Å². The molecule has 0 saturated carbocycles. The Morgan fingerprint density at radius 2 is 2.25 bits per heavy atom. The van der Waals surface area contributed by atoms with E-state index < -0.39 is 0 Å². The number of likely N-dealkylation sites (tertiary alicyclic amines) is 1. The molecule has 2 aliphatic heterocycles. The van der Waals surface area contributed by atoms with Crippen LogP contribution in [0.5, 0.6) is 0 Å². The first kappa shape index (κ1) is 14.3. The van der Waals surface area contributed by atoms with Crippen molar-refractivity contribution in [2.45, 2.75) is 31.3 Å². The van der Waals surface area contributed by atoms with Crippen molar-refractivity contribution in [1.82, 2.24) is 15.5 Å². The molecule has 0 bridgehead atoms. The molecule has 1 amide bonds. The normalized spacial score (nSPS) is 27.1. The van der Waals surface area contributed by atoms with Crippen molar-refractivity contribution in [3.63, 3.8) is 0 Å². The lowest BCUT2D eigenvalue weighted by Gasteiger charge is -2.19. The Morgan fingerprint density at radius 1 is 1.45 bits per heavy atom. The van der Waals surface area contributed by atoms with Gasteiger partial charge in [0.15, 0.2) is 0 Å². The van der Waals surface area contributed by atoms with Gasteiger partial charge in [0, 0.05) is 25.2 Å². The highest BCUT2D eigenvalue weighted by atomic mass is 35.5. The minimum absolute atomic E-state index is 0.00415. The lowest BCUT2D eigenvalue weighted by molar-refractivity contribution is 0.0943. The van der Waals surface area contributed by atoms with Crippen LogP contribution in [0.1, 0.15) is 28.9 Å². The van der Waals surface area contributed by atoms with Gasteiger partial charge in [-0.25, -0.2) is 0 Å². The second-order valence-corrected chi connectivity index (χ2v) is 7.34. The molecule has 2 aliphatic rings. The molecule has 110 valence electrons. The van der Waals surface area contributed by atoms with E-state index in [0.29, 0.717) is 15.3 Å². The van der Waals surface area contributed by atoms with Gasteiger partial charge in [-0.05, 0) is 44.5 Å². The van der Waals surface area contributed by atoms with E-state index in [1.165, 1.54) is 37.3 Å². The van der Waals surface area contributed by atoms with Crippen LogP contribution >= 0.6 is 22.9 Å². The monoisotopic (exact) mass is 313 g/mol. The second kappa shape index (κ2) is 6.43. The molecular formula is C14H20ClN3OS. The van der Waals surface area contributed by atoms with E-state index in [0.717, 1.165) is 19.5 Å². The van der Waals surface area contributed by atoms with Crippen LogP contribution in [0.3, 0.4) is 0 Å². The van der Waals surface area contributed by atoms with Crippen LogP contribution in [0, 0.1) is 0 Å². The third kappa shape index (κ3) is 3.52. The molecule has 1 aromatic heterocycles. The van der Waals surface area contributed by atoms with Crippen molar-refractivity contribution in [2.75, 3.05) is 26.2 Å². The molecule has 2 atom stereocenters. The summed E-state index contributed by atoms with van der Waals surface area (Å²) in [6.07, 6.45) is 3.67. The number of hydrogen-bond donors (Lipinski definition) is 2. The van der Waals surface area contributed by atoms with Crippen molar-refractivity contribution in [2.24, 2.45) is 0 Å². The molecule has 2 N–H and O–H groups in total. The summed E-state index contributed by atoms with van der Waals surface area (Å²) in [5, 5.41) is 6.61. The Balaban J connectivity index is 1.46. The first-order valence-corrected chi connectivity index (χ1v) is 8.42. The lowest BCUT2D eigenvalue weighted by Crippen LogP contribution is -2.35. The molecule has 0 aromatic carbocycles. The molecule has 3 heterocycles. The highest BCUT2D eigenvalue weighted by molar-refractivity contribution is 7.17. The van der Waals surface area contributed by atoms with Gasteiger partial charge in [0.2, 0.25) is 0 Å². The van der Waals surface area contributed by atoms with Crippen molar-refractivity contribution in [3.05, 3.63) is 21.3 Å². The molecule has 0 unspecified atom stereocenters. The highest BCUT2D eigenvalue weighted by Gasteiger charge is 2.28. The van der Waals surface area contributed by atoms with Crippen molar-refractivity contribution >= 4 is 28.8 Å². The van der Waals surface area contributed by atoms with Crippen LogP contribution in [-0.2, 0) is 0 Å². The smallest absolute Gasteiger partial charge is 0.261 e. The Morgan fingerprint density at radius 3 is 2.95 bits per heavy atom. The van der Waals surface area contributed by atoms with Crippen LogP contribution in [0.15, 0.2) is 12.1 Å². The minimum Gasteiger partial charge on any atom is -0.347 e. The van der Waals surface area contributed by atoms with Gasteiger partial charge < -0.3 is 15.5 Å². The zero-order chi connectivity index (χ0) is 13.9. The van der Waals surface area contributed by atoms with Crippen LogP contribution < -0.4 is 10.6 Å². The number of carbonyl (C=O) groups excluding carboxylic acids is 1. The summed E-state index contributed by atoms with van der Waals surface area (Å²) < 4.78 is 0.659. The van der Waals surface area contributed by atoms with E-state index in [4.69, 9.17) is 11.6 Å². The quantitative estimate of drug-likeness (QED) is 0.893. The first-order valence-electron chi connectivity index (χ1n) is 7.22. The van der Waals surface area contributed by atoms with E-state index in [9.17, 15) is 4.79 Å². The molecule has 2 saturated heterocycles. The fourth-order valence-electron chi connectivity index (χ4n) is 3.04. The Hall–Kier alpha value is -0.620. The molecule has 6 heteroatoms. The number of hydrogen-bond acceptors (Lipinski definition) is 4. The number of carbonyl (C=O) groups is 1. The van der Waals surface area contributed by atoms with Crippen LogP contribution in [-0.4, -0.2) is 49.1 Å². The van der Waals surface area contributed by atoms with Crippen LogP contribution in [0.25, 0.3) is 0 Å². The highest BCUT2D eigenvalue weighted by Crippen LogP contribution is 2.21. The van der Waals surface area contributed by atoms with Crippen LogP contribution in [0.2, 0.25) is 4.34 Å². The van der Waals surface area contributed by atoms with Gasteiger partial charge in [0.05, 0.1) is 9.21 Å². The summed E-state index contributed by atoms with van der Waals surface area (Å²) in [4.78, 5) is 15.3. The maximum Gasteiger partial charge on any atom is 0.261 e. The van der Waals surface area contributed by atoms with E-state index in [1.807, 2.05) is 0 Å². The summed E-state index contributed by atoms with van der Waals surface area (Å²) in [5.41, 5.74) is 0. The van der Waals surface area contributed by atoms with E-state index in [1.54, 1.807) is 12.1 Å². The molecule has 0 spiro atoms. The maximum atomic E-state index is 12.1. The molecule has 2 fully saturated rings. The molecular weight excluding hydrogens is 294 g/mol. The maximum absolute atomic E-state index is 12.1. The number of halogens is 1. The van der Waals surface area contributed by atoms with Gasteiger partial charge in [-0.3, -0.25) is 4.79 Å². The molecule has 0 radical (unpaired) electrons. The number of nitrogens with one attached hydrogen (secondary N) is 2. The van der Waals surface area contributed by atoms with Gasteiger partial charge in [-0.2, -0.15) is 0 Å². The molecule has 3 rings (SSSR count). The molecule has 0 aliphatic carbocycles. The minimum atomic E-state index is -0.00415. The van der Waals surface area contributed by atoms with Gasteiger partial charge in [-0.1, -0.05) is 11.6 Å². The number of nitrogens with zero attached hydrogens (tertiary/aromatic N) is 1. The van der Waals surface area contributed by atoms with Gasteiger partial charge in [-0.15, -0.1) is 11.3 Å². The molecule has 20 heavy (non-hydrogen) atoms. The average molecular weight is 314 g/mol. The van der Waals surface area contributed by atoms with Crippen molar-refractivity contribution < 1.29 is 4.79 Å². The predicted octanol–water partition coefficient (Wildman–Crippen LogP) is 1.96. The Bertz CT molecular complexity index is 473. The molecule has 1 aromatic rings. The van der Waals surface area contributed by atoms with Gasteiger partial charge in [0.25, 0.3) is 5.91 Å². The summed E-state index contributed by atoms with van der Waals surface area (Å²) in [6, 6.07) is 4.29. The predicted molar refractivity (Wildman–Crippen MR) is 82.7 cm³/mol. The summed E-state index contributed by atoms with van der Waals surface area (Å²) in [6.45, 7) is 4.42. The van der Waals surface area contributed by atoms with Crippen LogP contribution in [0.4, 0.5) is 0 Å². The number of thiophene rings is 1. The summed E-state index contributed by atoms with van der Waals surface area (Å²) in [7, 11) is 0.